The van der Waals surface area contributed by atoms with Crippen LogP contribution in [0.25, 0.3) is 0 Å². The van der Waals surface area contributed by atoms with Crippen LogP contribution in [0.4, 0.5) is 9.18 Å². The Morgan fingerprint density at radius 2 is 1.58 bits per heavy atom. The summed E-state index contributed by atoms with van der Waals surface area (Å²) < 4.78 is 13.6. The summed E-state index contributed by atoms with van der Waals surface area (Å²) in [6.45, 7) is 3.81. The molecular weight excluding hydrogens is 508 g/mol. The molecule has 36 heavy (non-hydrogen) atoms. The van der Waals surface area contributed by atoms with Gasteiger partial charge in [-0.25, -0.2) is 9.18 Å². The minimum atomic E-state index is -0.964. The molecule has 1 unspecified atom stereocenters. The molecule has 1 saturated heterocycles. The molecular formula is C26H32Cl2FN3O4. The van der Waals surface area contributed by atoms with E-state index in [2.05, 4.69) is 0 Å². The van der Waals surface area contributed by atoms with E-state index in [-0.39, 0.29) is 56.5 Å². The molecule has 10 heteroatoms. The van der Waals surface area contributed by atoms with Crippen molar-refractivity contribution in [2.24, 2.45) is 0 Å². The second-order valence-electron chi connectivity index (χ2n) is 9.55. The van der Waals surface area contributed by atoms with E-state index >= 15 is 0 Å². The molecule has 3 rings (SSSR count). The summed E-state index contributed by atoms with van der Waals surface area (Å²) in [4.78, 5) is 31.7. The van der Waals surface area contributed by atoms with E-state index in [4.69, 9.17) is 23.2 Å². The van der Waals surface area contributed by atoms with Gasteiger partial charge in [-0.2, -0.15) is 0 Å². The zero-order chi connectivity index (χ0) is 26.6. The third-order valence-corrected chi connectivity index (χ3v) is 7.24. The van der Waals surface area contributed by atoms with Crippen molar-refractivity contribution in [2.45, 2.75) is 31.2 Å². The lowest BCUT2D eigenvalue weighted by Gasteiger charge is -2.36. The Labute approximate surface area is 221 Å². The van der Waals surface area contributed by atoms with Crippen LogP contribution in [-0.4, -0.2) is 89.3 Å². The second-order valence-corrected chi connectivity index (χ2v) is 10.4. The molecule has 0 spiro atoms. The van der Waals surface area contributed by atoms with Crippen LogP contribution in [0.5, 0.6) is 0 Å². The van der Waals surface area contributed by atoms with E-state index in [0.717, 1.165) is 5.56 Å². The number of amides is 3. The molecule has 1 aliphatic rings. The number of hydrogen-bond acceptors (Lipinski definition) is 4. The Bertz CT molecular complexity index is 1060. The summed E-state index contributed by atoms with van der Waals surface area (Å²) in [5, 5.41) is 19.6. The lowest BCUT2D eigenvalue weighted by Crippen LogP contribution is -2.50. The Balaban J connectivity index is 1.93. The van der Waals surface area contributed by atoms with E-state index < -0.39 is 11.5 Å². The smallest absolute Gasteiger partial charge is 0.320 e. The van der Waals surface area contributed by atoms with Crippen LogP contribution in [-0.2, 0) is 10.2 Å². The van der Waals surface area contributed by atoms with Gasteiger partial charge in [0.15, 0.2) is 0 Å². The Hall–Kier alpha value is -2.39. The first-order valence-corrected chi connectivity index (χ1v) is 12.5. The molecule has 0 radical (unpaired) electrons. The van der Waals surface area contributed by atoms with Crippen LogP contribution in [0.2, 0.25) is 10.0 Å². The normalized spacial score (nSPS) is 17.8. The van der Waals surface area contributed by atoms with Crippen LogP contribution < -0.4 is 0 Å². The maximum absolute atomic E-state index is 13.8. The van der Waals surface area contributed by atoms with E-state index in [1.54, 1.807) is 61.0 Å². The van der Waals surface area contributed by atoms with Gasteiger partial charge in [0, 0.05) is 49.2 Å². The van der Waals surface area contributed by atoms with E-state index in [9.17, 15) is 24.2 Å². The van der Waals surface area contributed by atoms with E-state index in [0.29, 0.717) is 22.2 Å². The zero-order valence-electron chi connectivity index (χ0n) is 20.6. The number of rotatable bonds is 8. The van der Waals surface area contributed by atoms with Gasteiger partial charge in [-0.1, -0.05) is 35.3 Å². The Morgan fingerprint density at radius 3 is 2.11 bits per heavy atom. The number of halogens is 3. The van der Waals surface area contributed by atoms with Crippen LogP contribution in [0.15, 0.2) is 42.5 Å². The lowest BCUT2D eigenvalue weighted by molar-refractivity contribution is -0.137. The molecule has 2 atom stereocenters. The molecule has 2 aromatic rings. The fourth-order valence-corrected chi connectivity index (χ4v) is 5.27. The third kappa shape index (κ3) is 6.11. The minimum absolute atomic E-state index is 0.0824. The van der Waals surface area contributed by atoms with Crippen LogP contribution in [0, 0.1) is 5.82 Å². The molecule has 7 nitrogen and oxygen atoms in total. The number of hydrogen-bond donors (Lipinski definition) is 2. The molecule has 1 heterocycles. The molecule has 2 aromatic carbocycles. The summed E-state index contributed by atoms with van der Waals surface area (Å²) >= 11 is 12.4. The number of aliphatic hydroxyl groups excluding tert-OH is 2. The van der Waals surface area contributed by atoms with Gasteiger partial charge in [0.05, 0.1) is 24.7 Å². The first-order valence-electron chi connectivity index (χ1n) is 11.7. The topological polar surface area (TPSA) is 84.3 Å². The average Bonchev–Trinajstić information content (AvgIpc) is 3.27. The standard InChI is InChI=1S/C26H32Cl2FN3O4/c1-26(2,18-12-19(27)14-20(28)13-18)24(35)30(3)23-16-32(25(36)31(8-10-33)9-11-34)15-22(23)17-4-6-21(29)7-5-17/h4-7,12-14,22-23,33-34H,8-11,15-16H2,1-3H3/t22?,23-/m1/s1. The number of likely N-dealkylation sites (N-methyl/N-ethyl adjacent to an activating group) is 1. The predicted molar refractivity (Wildman–Crippen MR) is 138 cm³/mol. The molecule has 1 fully saturated rings. The Morgan fingerprint density at radius 1 is 1.03 bits per heavy atom. The molecule has 0 saturated carbocycles. The quantitative estimate of drug-likeness (QED) is 0.535. The van der Waals surface area contributed by atoms with Gasteiger partial charge in [-0.15, -0.1) is 0 Å². The fourth-order valence-electron chi connectivity index (χ4n) is 4.75. The molecule has 0 aromatic heterocycles. The first kappa shape index (κ1) is 28.2. The maximum Gasteiger partial charge on any atom is 0.320 e. The van der Waals surface area contributed by atoms with Crippen molar-refractivity contribution >= 4 is 35.1 Å². The lowest BCUT2D eigenvalue weighted by atomic mass is 9.82. The number of likely N-dealkylation sites (tertiary alicyclic amines) is 1. The molecule has 196 valence electrons. The highest BCUT2D eigenvalue weighted by molar-refractivity contribution is 6.34. The van der Waals surface area contributed by atoms with Gasteiger partial charge >= 0.3 is 6.03 Å². The number of benzene rings is 2. The predicted octanol–water partition coefficient (Wildman–Crippen LogP) is 3.74. The van der Waals surface area contributed by atoms with E-state index in [1.807, 2.05) is 0 Å². The number of urea groups is 1. The van der Waals surface area contributed by atoms with Crippen LogP contribution in [0.1, 0.15) is 30.9 Å². The van der Waals surface area contributed by atoms with Crippen LogP contribution in [0.3, 0.4) is 0 Å². The number of aliphatic hydroxyl groups is 2. The molecule has 1 aliphatic heterocycles. The van der Waals surface area contributed by atoms with Crippen molar-refractivity contribution in [3.05, 3.63) is 69.5 Å². The summed E-state index contributed by atoms with van der Waals surface area (Å²) in [5.74, 6) is -0.830. The van der Waals surface area contributed by atoms with Gasteiger partial charge < -0.3 is 24.9 Å². The van der Waals surface area contributed by atoms with Crippen molar-refractivity contribution < 1.29 is 24.2 Å². The molecule has 3 amide bonds. The van der Waals surface area contributed by atoms with Gasteiger partial charge in [-0.3, -0.25) is 4.79 Å². The highest BCUT2D eigenvalue weighted by Crippen LogP contribution is 2.36. The van der Waals surface area contributed by atoms with Crippen molar-refractivity contribution in [3.8, 4) is 0 Å². The van der Waals surface area contributed by atoms with Gasteiger partial charge in [0.25, 0.3) is 0 Å². The SMILES string of the molecule is CN(C(=O)C(C)(C)c1cc(Cl)cc(Cl)c1)[C@@H]1CN(C(=O)N(CCO)CCO)CC1c1ccc(F)cc1. The van der Waals surface area contributed by atoms with Crippen molar-refractivity contribution in [1.29, 1.82) is 0 Å². The largest absolute Gasteiger partial charge is 0.395 e. The van der Waals surface area contributed by atoms with E-state index in [1.165, 1.54) is 17.0 Å². The Kier molecular flexibility index (Phi) is 9.22. The van der Waals surface area contributed by atoms with Gasteiger partial charge in [0.2, 0.25) is 5.91 Å². The average molecular weight is 540 g/mol. The number of carbonyl (C=O) groups excluding carboxylic acids is 2. The zero-order valence-corrected chi connectivity index (χ0v) is 22.1. The summed E-state index contributed by atoms with van der Waals surface area (Å²) in [5.41, 5.74) is 0.502. The number of nitrogens with zero attached hydrogens (tertiary/aromatic N) is 3. The van der Waals surface area contributed by atoms with Gasteiger partial charge in [-0.05, 0) is 55.3 Å². The van der Waals surface area contributed by atoms with Gasteiger partial charge in [0.1, 0.15) is 5.82 Å². The fraction of sp³-hybridized carbons (Fsp3) is 0.462. The molecule has 0 aliphatic carbocycles. The van der Waals surface area contributed by atoms with Crippen molar-refractivity contribution in [3.63, 3.8) is 0 Å². The molecule has 0 bridgehead atoms. The molecule has 2 N–H and O–H groups in total. The highest BCUT2D eigenvalue weighted by Gasteiger charge is 2.44. The first-order chi connectivity index (χ1) is 17.0. The third-order valence-electron chi connectivity index (χ3n) is 6.80. The monoisotopic (exact) mass is 539 g/mol. The second kappa shape index (κ2) is 11.8. The van der Waals surface area contributed by atoms with Crippen molar-refractivity contribution in [1.82, 2.24) is 14.7 Å². The van der Waals surface area contributed by atoms with Crippen LogP contribution >= 0.6 is 23.2 Å². The highest BCUT2D eigenvalue weighted by atomic mass is 35.5. The minimum Gasteiger partial charge on any atom is -0.395 e. The van der Waals surface area contributed by atoms with Crippen molar-refractivity contribution in [2.75, 3.05) is 46.4 Å². The summed E-state index contributed by atoms with van der Waals surface area (Å²) in [7, 11) is 1.70. The summed E-state index contributed by atoms with van der Waals surface area (Å²) in [6, 6.07) is 10.3. The maximum atomic E-state index is 13.8. The summed E-state index contributed by atoms with van der Waals surface area (Å²) in [6.07, 6.45) is 0. The number of carbonyl (C=O) groups is 2.